The van der Waals surface area contributed by atoms with Crippen molar-refractivity contribution in [2.24, 2.45) is 0 Å². The highest BCUT2D eigenvalue weighted by atomic mass is 32.1. The van der Waals surface area contributed by atoms with Gasteiger partial charge in [-0.05, 0) is 12.1 Å². The number of aliphatic carboxylic acids is 2. The van der Waals surface area contributed by atoms with Crippen LogP contribution in [0.1, 0.15) is 0 Å². The number of hydrogen-bond donors (Lipinski definition) is 2. The van der Waals surface area contributed by atoms with E-state index in [4.69, 9.17) is 10.2 Å². The normalized spacial score (nSPS) is 10.5. The molecule has 0 bridgehead atoms. The van der Waals surface area contributed by atoms with Crippen molar-refractivity contribution in [1.82, 2.24) is 4.98 Å². The molecule has 0 atom stereocenters. The van der Waals surface area contributed by atoms with Crippen LogP contribution in [0.2, 0.25) is 0 Å². The van der Waals surface area contributed by atoms with Crippen molar-refractivity contribution in [3.63, 3.8) is 0 Å². The van der Waals surface area contributed by atoms with Crippen LogP contribution in [0.5, 0.6) is 0 Å². The second-order valence-corrected chi connectivity index (χ2v) is 4.92. The molecule has 0 aliphatic heterocycles. The minimum absolute atomic E-state index is 0.0804. The van der Waals surface area contributed by atoms with E-state index < -0.39 is 35.6 Å². The lowest BCUT2D eigenvalue weighted by Crippen LogP contribution is -2.34. The maximum Gasteiger partial charge on any atom is 0.323 e. The van der Waals surface area contributed by atoms with Crippen LogP contribution in [-0.2, 0) is 9.59 Å². The lowest BCUT2D eigenvalue weighted by molar-refractivity contribution is -0.382. The summed E-state index contributed by atoms with van der Waals surface area (Å²) in [6.45, 7) is -1.33. The average molecular weight is 311 g/mol. The Kier molecular flexibility index (Phi) is 3.98. The van der Waals surface area contributed by atoms with Crippen LogP contribution in [0.4, 0.5) is 11.4 Å². The van der Waals surface area contributed by atoms with Crippen LogP contribution in [0.25, 0.3) is 10.2 Å². The summed E-state index contributed by atoms with van der Waals surface area (Å²) in [6.07, 6.45) is 0. The molecule has 110 valence electrons. The third-order valence-electron chi connectivity index (χ3n) is 2.63. The first-order chi connectivity index (χ1) is 9.90. The van der Waals surface area contributed by atoms with Gasteiger partial charge in [0.2, 0.25) is 0 Å². The van der Waals surface area contributed by atoms with Gasteiger partial charge in [-0.1, -0.05) is 0 Å². The molecule has 10 heteroatoms. The SMILES string of the molecule is O=C(O)CN(CC(=O)O)c1ccc2scnc2c1[N+](=O)[O-]. The summed E-state index contributed by atoms with van der Waals surface area (Å²) in [5.41, 5.74) is 1.07. The van der Waals surface area contributed by atoms with E-state index in [2.05, 4.69) is 4.98 Å². The molecule has 0 radical (unpaired) electrons. The number of aromatic nitrogens is 1. The summed E-state index contributed by atoms with van der Waals surface area (Å²) in [4.78, 5) is 37.1. The third-order valence-corrected chi connectivity index (χ3v) is 3.42. The van der Waals surface area contributed by atoms with E-state index in [0.717, 1.165) is 4.90 Å². The molecule has 0 saturated carbocycles. The van der Waals surface area contributed by atoms with Gasteiger partial charge in [-0.25, -0.2) is 4.98 Å². The molecule has 2 N–H and O–H groups in total. The number of benzene rings is 1. The van der Waals surface area contributed by atoms with Crippen molar-refractivity contribution in [3.8, 4) is 0 Å². The number of carbonyl (C=O) groups is 2. The summed E-state index contributed by atoms with van der Waals surface area (Å²) in [7, 11) is 0. The van der Waals surface area contributed by atoms with Gasteiger partial charge in [0.05, 0.1) is 15.1 Å². The van der Waals surface area contributed by atoms with Gasteiger partial charge < -0.3 is 15.1 Å². The minimum atomic E-state index is -1.29. The number of carboxylic acid groups (broad SMARTS) is 2. The molecule has 0 spiro atoms. The number of thiazole rings is 1. The van der Waals surface area contributed by atoms with E-state index in [0.29, 0.717) is 4.70 Å². The maximum absolute atomic E-state index is 11.3. The van der Waals surface area contributed by atoms with Gasteiger partial charge >= 0.3 is 17.6 Å². The molecule has 0 aliphatic rings. The predicted molar refractivity (Wildman–Crippen MR) is 73.8 cm³/mol. The molecule has 2 rings (SSSR count). The van der Waals surface area contributed by atoms with E-state index in [1.165, 1.54) is 22.9 Å². The Hall–Kier alpha value is -2.75. The highest BCUT2D eigenvalue weighted by Gasteiger charge is 2.27. The van der Waals surface area contributed by atoms with E-state index in [1.54, 1.807) is 6.07 Å². The fraction of sp³-hybridized carbons (Fsp3) is 0.182. The number of anilines is 1. The standard InChI is InChI=1S/C11H9N3O6S/c15-8(16)3-13(4-9(17)18)6-1-2-7-10(12-5-21-7)11(6)14(19)20/h1-2,5H,3-4H2,(H,15,16)(H,17,18). The molecule has 0 unspecified atom stereocenters. The molecule has 0 amide bonds. The Morgan fingerprint density at radius 1 is 1.29 bits per heavy atom. The molecular formula is C11H9N3O6S. The fourth-order valence-corrected chi connectivity index (χ4v) is 2.57. The number of fused-ring (bicyclic) bond motifs is 1. The van der Waals surface area contributed by atoms with Gasteiger partial charge in [-0.2, -0.15) is 0 Å². The van der Waals surface area contributed by atoms with Gasteiger partial charge in [-0.15, -0.1) is 11.3 Å². The Morgan fingerprint density at radius 2 is 1.90 bits per heavy atom. The van der Waals surface area contributed by atoms with E-state index in [9.17, 15) is 19.7 Å². The van der Waals surface area contributed by atoms with Gasteiger partial charge in [0.15, 0.2) is 5.52 Å². The second kappa shape index (κ2) is 5.71. The number of nitro benzene ring substituents is 1. The number of nitro groups is 1. The highest BCUT2D eigenvalue weighted by Crippen LogP contribution is 2.36. The van der Waals surface area contributed by atoms with Crippen molar-refractivity contribution >= 4 is 44.9 Å². The van der Waals surface area contributed by atoms with Crippen LogP contribution < -0.4 is 4.90 Å². The molecule has 0 saturated heterocycles. The first-order valence-corrected chi connectivity index (χ1v) is 6.47. The zero-order valence-corrected chi connectivity index (χ0v) is 11.2. The summed E-state index contributed by atoms with van der Waals surface area (Å²) >= 11 is 1.20. The maximum atomic E-state index is 11.3. The summed E-state index contributed by atoms with van der Waals surface area (Å²) < 4.78 is 0.566. The predicted octanol–water partition coefficient (Wildman–Crippen LogP) is 1.18. The van der Waals surface area contributed by atoms with Crippen molar-refractivity contribution in [1.29, 1.82) is 0 Å². The van der Waals surface area contributed by atoms with Gasteiger partial charge in [-0.3, -0.25) is 19.7 Å². The van der Waals surface area contributed by atoms with Gasteiger partial charge in [0.1, 0.15) is 18.8 Å². The first kappa shape index (κ1) is 14.7. The van der Waals surface area contributed by atoms with Crippen molar-refractivity contribution in [2.45, 2.75) is 0 Å². The highest BCUT2D eigenvalue weighted by molar-refractivity contribution is 7.16. The van der Waals surface area contributed by atoms with Crippen molar-refractivity contribution in [3.05, 3.63) is 27.8 Å². The molecular weight excluding hydrogens is 302 g/mol. The van der Waals surface area contributed by atoms with Gasteiger partial charge in [0.25, 0.3) is 0 Å². The van der Waals surface area contributed by atoms with Crippen molar-refractivity contribution < 1.29 is 24.7 Å². The molecule has 0 aliphatic carbocycles. The summed E-state index contributed by atoms with van der Waals surface area (Å²) in [5.74, 6) is -2.58. The number of nitrogens with zero attached hydrogens (tertiary/aromatic N) is 3. The van der Waals surface area contributed by atoms with Crippen LogP contribution in [0.3, 0.4) is 0 Å². The first-order valence-electron chi connectivity index (χ1n) is 5.59. The number of hydrogen-bond acceptors (Lipinski definition) is 7. The summed E-state index contributed by atoms with van der Waals surface area (Å²) in [6, 6.07) is 2.89. The smallest absolute Gasteiger partial charge is 0.323 e. The molecule has 9 nitrogen and oxygen atoms in total. The van der Waals surface area contributed by atoms with E-state index >= 15 is 0 Å². The second-order valence-electron chi connectivity index (χ2n) is 4.03. The fourth-order valence-electron chi connectivity index (χ4n) is 1.89. The topological polar surface area (TPSA) is 134 Å². The van der Waals surface area contributed by atoms with Crippen LogP contribution in [0.15, 0.2) is 17.6 Å². The Morgan fingerprint density at radius 3 is 2.43 bits per heavy atom. The summed E-state index contributed by atoms with van der Waals surface area (Å²) in [5, 5.41) is 28.9. The van der Waals surface area contributed by atoms with E-state index in [1.807, 2.05) is 0 Å². The zero-order chi connectivity index (χ0) is 15.6. The molecule has 0 fully saturated rings. The van der Waals surface area contributed by atoms with Gasteiger partial charge in [0, 0.05) is 0 Å². The Labute approximate surface area is 121 Å². The Bertz CT molecular complexity index is 712. The molecule has 1 aromatic heterocycles. The Balaban J connectivity index is 2.60. The van der Waals surface area contributed by atoms with Crippen LogP contribution in [0, 0.1) is 10.1 Å². The number of carboxylic acids is 2. The quantitative estimate of drug-likeness (QED) is 0.600. The zero-order valence-electron chi connectivity index (χ0n) is 10.4. The monoisotopic (exact) mass is 311 g/mol. The lowest BCUT2D eigenvalue weighted by atomic mass is 10.2. The largest absolute Gasteiger partial charge is 0.480 e. The molecule has 2 aromatic rings. The minimum Gasteiger partial charge on any atom is -0.480 e. The molecule has 1 aromatic carbocycles. The van der Waals surface area contributed by atoms with Crippen LogP contribution in [-0.4, -0.2) is 45.1 Å². The lowest BCUT2D eigenvalue weighted by Gasteiger charge is -2.20. The van der Waals surface area contributed by atoms with Crippen LogP contribution >= 0.6 is 11.3 Å². The average Bonchev–Trinajstić information content (AvgIpc) is 2.83. The van der Waals surface area contributed by atoms with E-state index in [-0.39, 0.29) is 11.2 Å². The number of rotatable bonds is 6. The molecule has 21 heavy (non-hydrogen) atoms. The third kappa shape index (κ3) is 3.05. The molecule has 1 heterocycles. The van der Waals surface area contributed by atoms with Crippen molar-refractivity contribution in [2.75, 3.05) is 18.0 Å².